The van der Waals surface area contributed by atoms with Crippen LogP contribution in [0.15, 0.2) is 22.7 Å². The van der Waals surface area contributed by atoms with Crippen LogP contribution in [0.25, 0.3) is 0 Å². The van der Waals surface area contributed by atoms with Crippen LogP contribution < -0.4 is 0 Å². The molecule has 2 atom stereocenters. The van der Waals surface area contributed by atoms with Gasteiger partial charge in [0.15, 0.2) is 0 Å². The van der Waals surface area contributed by atoms with Crippen LogP contribution in [0.2, 0.25) is 0 Å². The molecule has 20 heavy (non-hydrogen) atoms. The molecule has 0 heterocycles. The van der Waals surface area contributed by atoms with Crippen molar-refractivity contribution in [3.63, 3.8) is 0 Å². The molecule has 0 radical (unpaired) electrons. The Balaban J connectivity index is 1.95. The summed E-state index contributed by atoms with van der Waals surface area (Å²) in [6.45, 7) is 5.10. The predicted molar refractivity (Wildman–Crippen MR) is 81.9 cm³/mol. The lowest BCUT2D eigenvalue weighted by atomic mass is 9.82. The lowest BCUT2D eigenvalue weighted by Gasteiger charge is -2.31. The fourth-order valence-electron chi connectivity index (χ4n) is 3.01. The summed E-state index contributed by atoms with van der Waals surface area (Å²) in [4.78, 5) is 10.9. The molecule has 0 amide bonds. The molecule has 1 N–H and O–H groups in total. The third-order valence-corrected chi connectivity index (χ3v) is 4.65. The fraction of sp³-hybridized carbons (Fsp3) is 0.562. The summed E-state index contributed by atoms with van der Waals surface area (Å²) in [7, 11) is 0. The molecular weight excluding hydrogens is 320 g/mol. The number of ether oxygens (including phenoxy) is 1. The minimum Gasteiger partial charge on any atom is -0.478 e. The van der Waals surface area contributed by atoms with E-state index in [9.17, 15) is 4.79 Å². The van der Waals surface area contributed by atoms with Gasteiger partial charge < -0.3 is 9.84 Å². The molecule has 0 bridgehead atoms. The zero-order valence-corrected chi connectivity index (χ0v) is 13.5. The normalized spacial score (nSPS) is 26.4. The van der Waals surface area contributed by atoms with Gasteiger partial charge in [-0.15, -0.1) is 0 Å². The van der Waals surface area contributed by atoms with Crippen molar-refractivity contribution >= 4 is 21.9 Å². The van der Waals surface area contributed by atoms with E-state index in [1.165, 1.54) is 6.42 Å². The van der Waals surface area contributed by atoms with Gasteiger partial charge in [-0.25, -0.2) is 4.79 Å². The average molecular weight is 341 g/mol. The van der Waals surface area contributed by atoms with Crippen LogP contribution >= 0.6 is 15.9 Å². The van der Waals surface area contributed by atoms with Crippen LogP contribution in [-0.4, -0.2) is 17.2 Å². The van der Waals surface area contributed by atoms with E-state index in [1.807, 2.05) is 6.07 Å². The molecule has 3 nitrogen and oxygen atoms in total. The minimum atomic E-state index is -0.909. The maximum absolute atomic E-state index is 10.9. The van der Waals surface area contributed by atoms with E-state index in [0.717, 1.165) is 34.7 Å². The van der Waals surface area contributed by atoms with Gasteiger partial charge in [0.1, 0.15) is 0 Å². The van der Waals surface area contributed by atoms with Crippen molar-refractivity contribution < 1.29 is 14.6 Å². The number of carbonyl (C=O) groups is 1. The Morgan fingerprint density at radius 3 is 2.50 bits per heavy atom. The van der Waals surface area contributed by atoms with Crippen molar-refractivity contribution in [1.82, 2.24) is 0 Å². The zero-order valence-electron chi connectivity index (χ0n) is 11.9. The molecule has 1 aromatic carbocycles. The molecule has 110 valence electrons. The highest BCUT2D eigenvalue weighted by Crippen LogP contribution is 2.31. The van der Waals surface area contributed by atoms with E-state index < -0.39 is 5.97 Å². The third kappa shape index (κ3) is 4.06. The quantitative estimate of drug-likeness (QED) is 0.878. The summed E-state index contributed by atoms with van der Waals surface area (Å²) in [5.74, 6) is 0.538. The van der Waals surface area contributed by atoms with Crippen molar-refractivity contribution in [3.8, 4) is 0 Å². The molecule has 4 heteroatoms. The molecular formula is C16H21BrO3. The monoisotopic (exact) mass is 340 g/mol. The number of hydrogen-bond donors (Lipinski definition) is 1. The SMILES string of the molecule is CC1CC(C)CC(OCc2ccc(C(=O)O)cc2Br)C1. The Morgan fingerprint density at radius 1 is 1.30 bits per heavy atom. The largest absolute Gasteiger partial charge is 0.478 e. The number of benzene rings is 1. The molecule has 0 saturated heterocycles. The lowest BCUT2D eigenvalue weighted by Crippen LogP contribution is -2.26. The minimum absolute atomic E-state index is 0.292. The summed E-state index contributed by atoms with van der Waals surface area (Å²) in [6.07, 6.45) is 3.85. The van der Waals surface area contributed by atoms with Crippen LogP contribution in [0.4, 0.5) is 0 Å². The first-order valence-electron chi connectivity index (χ1n) is 7.09. The molecule has 2 unspecified atom stereocenters. The summed E-state index contributed by atoms with van der Waals surface area (Å²) in [5, 5.41) is 8.94. The summed E-state index contributed by atoms with van der Waals surface area (Å²) in [5.41, 5.74) is 1.29. The van der Waals surface area contributed by atoms with Crippen molar-refractivity contribution in [1.29, 1.82) is 0 Å². The van der Waals surface area contributed by atoms with E-state index in [2.05, 4.69) is 29.8 Å². The van der Waals surface area contributed by atoms with Gasteiger partial charge >= 0.3 is 5.97 Å². The van der Waals surface area contributed by atoms with Crippen LogP contribution in [-0.2, 0) is 11.3 Å². The van der Waals surface area contributed by atoms with Gasteiger partial charge in [0, 0.05) is 4.47 Å². The lowest BCUT2D eigenvalue weighted by molar-refractivity contribution is -0.00938. The topological polar surface area (TPSA) is 46.5 Å². The summed E-state index contributed by atoms with van der Waals surface area (Å²) in [6, 6.07) is 5.08. The van der Waals surface area contributed by atoms with E-state index >= 15 is 0 Å². The average Bonchev–Trinajstić information content (AvgIpc) is 2.36. The second-order valence-corrected chi connectivity index (χ2v) is 6.82. The Hall–Kier alpha value is -0.870. The van der Waals surface area contributed by atoms with Gasteiger partial charge in [-0.1, -0.05) is 35.8 Å². The highest BCUT2D eigenvalue weighted by molar-refractivity contribution is 9.10. The van der Waals surface area contributed by atoms with Crippen molar-refractivity contribution in [3.05, 3.63) is 33.8 Å². The van der Waals surface area contributed by atoms with Crippen LogP contribution in [0.5, 0.6) is 0 Å². The standard InChI is InChI=1S/C16H21BrO3/c1-10-5-11(2)7-14(6-10)20-9-13-4-3-12(16(18)19)8-15(13)17/h3-4,8,10-11,14H,5-7,9H2,1-2H3,(H,18,19). The molecule has 0 aliphatic heterocycles. The van der Waals surface area contributed by atoms with Crippen LogP contribution in [0.1, 0.15) is 49.0 Å². The smallest absolute Gasteiger partial charge is 0.335 e. The van der Waals surface area contributed by atoms with Gasteiger partial charge in [-0.2, -0.15) is 0 Å². The number of carboxylic acid groups (broad SMARTS) is 1. The van der Waals surface area contributed by atoms with Crippen molar-refractivity contribution in [2.24, 2.45) is 11.8 Å². The van der Waals surface area contributed by atoms with E-state index in [4.69, 9.17) is 9.84 Å². The van der Waals surface area contributed by atoms with Gasteiger partial charge in [-0.3, -0.25) is 0 Å². The van der Waals surface area contributed by atoms with Crippen molar-refractivity contribution in [2.75, 3.05) is 0 Å². The van der Waals surface area contributed by atoms with Gasteiger partial charge in [-0.05, 0) is 48.8 Å². The van der Waals surface area contributed by atoms with E-state index in [0.29, 0.717) is 18.3 Å². The zero-order chi connectivity index (χ0) is 14.7. The molecule has 0 spiro atoms. The number of aromatic carboxylic acids is 1. The Kier molecular flexibility index (Phi) is 5.22. The summed E-state index contributed by atoms with van der Waals surface area (Å²) >= 11 is 3.42. The Labute approximate surface area is 128 Å². The first-order valence-corrected chi connectivity index (χ1v) is 7.88. The molecule has 0 aromatic heterocycles. The Morgan fingerprint density at radius 2 is 1.95 bits per heavy atom. The van der Waals surface area contributed by atoms with Crippen LogP contribution in [0, 0.1) is 11.8 Å². The fourth-order valence-corrected chi connectivity index (χ4v) is 3.51. The maximum atomic E-state index is 10.9. The van der Waals surface area contributed by atoms with E-state index in [1.54, 1.807) is 12.1 Å². The first-order chi connectivity index (χ1) is 9.45. The summed E-state index contributed by atoms with van der Waals surface area (Å²) < 4.78 is 6.81. The first kappa shape index (κ1) is 15.5. The predicted octanol–water partition coefficient (Wildman–Crippen LogP) is 4.49. The maximum Gasteiger partial charge on any atom is 0.335 e. The van der Waals surface area contributed by atoms with Gasteiger partial charge in [0.25, 0.3) is 0 Å². The molecule has 2 rings (SSSR count). The van der Waals surface area contributed by atoms with Gasteiger partial charge in [0.2, 0.25) is 0 Å². The third-order valence-electron chi connectivity index (χ3n) is 3.91. The van der Waals surface area contributed by atoms with E-state index in [-0.39, 0.29) is 0 Å². The number of rotatable bonds is 4. The number of carboxylic acids is 1. The Bertz CT molecular complexity index is 477. The molecule has 1 fully saturated rings. The molecule has 1 aliphatic rings. The van der Waals surface area contributed by atoms with Crippen LogP contribution in [0.3, 0.4) is 0 Å². The van der Waals surface area contributed by atoms with Gasteiger partial charge in [0.05, 0.1) is 18.3 Å². The highest BCUT2D eigenvalue weighted by atomic mass is 79.9. The highest BCUT2D eigenvalue weighted by Gasteiger charge is 2.24. The molecule has 1 aromatic rings. The van der Waals surface area contributed by atoms with Crippen molar-refractivity contribution in [2.45, 2.75) is 45.8 Å². The number of hydrogen-bond acceptors (Lipinski definition) is 2. The second-order valence-electron chi connectivity index (χ2n) is 5.96. The molecule has 1 saturated carbocycles. The molecule has 1 aliphatic carbocycles. The second kappa shape index (κ2) is 6.72. The number of halogens is 1.